The van der Waals surface area contributed by atoms with Crippen LogP contribution in [0.2, 0.25) is 0 Å². The number of nitrogens with zero attached hydrogens (tertiary/aromatic N) is 1. The predicted molar refractivity (Wildman–Crippen MR) is 91.7 cm³/mol. The maximum atomic E-state index is 12.3. The molecule has 1 N–H and O–H groups in total. The number of rotatable bonds is 5. The molecular weight excluding hydrogens is 402 g/mol. The van der Waals surface area contributed by atoms with Gasteiger partial charge in [-0.2, -0.15) is 0 Å². The molecule has 0 radical (unpaired) electrons. The number of amides is 2. The van der Waals surface area contributed by atoms with Crippen molar-refractivity contribution >= 4 is 50.9 Å². The van der Waals surface area contributed by atoms with Gasteiger partial charge in [-0.25, -0.2) is 0 Å². The van der Waals surface area contributed by atoms with Crippen LogP contribution in [0.3, 0.4) is 0 Å². The minimum Gasteiger partial charge on any atom is -0.504 e. The van der Waals surface area contributed by atoms with Crippen molar-refractivity contribution in [3.05, 3.63) is 27.1 Å². The van der Waals surface area contributed by atoms with Crippen LogP contribution in [-0.4, -0.2) is 47.4 Å². The lowest BCUT2D eigenvalue weighted by atomic mass is 10.1. The Hall–Kier alpha value is -2.00. The fourth-order valence-electron chi connectivity index (χ4n) is 1.94. The number of benzene rings is 1. The molecule has 0 atom stereocenters. The van der Waals surface area contributed by atoms with Gasteiger partial charge in [0.2, 0.25) is 0 Å². The SMILES string of the molecule is CCOc1cc(Br)cc(/C=C2\SC(=O)N(CC(=O)OC)C2=O)c1O. The highest BCUT2D eigenvalue weighted by atomic mass is 79.9. The van der Waals surface area contributed by atoms with Crippen molar-refractivity contribution in [3.8, 4) is 11.5 Å². The molecule has 0 spiro atoms. The molecular formula is C15H14BrNO6S. The average molecular weight is 416 g/mol. The Morgan fingerprint density at radius 2 is 2.12 bits per heavy atom. The first-order valence-electron chi connectivity index (χ1n) is 6.84. The first-order chi connectivity index (χ1) is 11.4. The molecule has 0 aromatic heterocycles. The quantitative estimate of drug-likeness (QED) is 0.583. The van der Waals surface area contributed by atoms with Gasteiger partial charge in [0.1, 0.15) is 6.54 Å². The maximum Gasteiger partial charge on any atom is 0.325 e. The van der Waals surface area contributed by atoms with Crippen molar-refractivity contribution in [2.45, 2.75) is 6.92 Å². The molecule has 0 saturated carbocycles. The largest absolute Gasteiger partial charge is 0.504 e. The number of esters is 1. The third-order valence-electron chi connectivity index (χ3n) is 3.04. The van der Waals surface area contributed by atoms with Gasteiger partial charge in [-0.1, -0.05) is 15.9 Å². The van der Waals surface area contributed by atoms with E-state index in [0.29, 0.717) is 28.4 Å². The molecule has 2 rings (SSSR count). The molecule has 0 aliphatic carbocycles. The topological polar surface area (TPSA) is 93.1 Å². The number of halogens is 1. The lowest BCUT2D eigenvalue weighted by molar-refractivity contribution is -0.143. The Kier molecular flexibility index (Phi) is 5.89. The molecule has 1 aromatic rings. The summed E-state index contributed by atoms with van der Waals surface area (Å²) >= 11 is 3.98. The van der Waals surface area contributed by atoms with Crippen LogP contribution in [0.15, 0.2) is 21.5 Å². The van der Waals surface area contributed by atoms with Gasteiger partial charge in [0.15, 0.2) is 11.5 Å². The Labute approximate surface area is 150 Å². The second kappa shape index (κ2) is 7.71. The summed E-state index contributed by atoms with van der Waals surface area (Å²) < 4.78 is 10.4. The molecule has 2 amide bonds. The van der Waals surface area contributed by atoms with E-state index in [1.165, 1.54) is 13.2 Å². The summed E-state index contributed by atoms with van der Waals surface area (Å²) in [7, 11) is 1.17. The van der Waals surface area contributed by atoms with Crippen molar-refractivity contribution in [2.24, 2.45) is 0 Å². The molecule has 1 aromatic carbocycles. The molecule has 128 valence electrons. The summed E-state index contributed by atoms with van der Waals surface area (Å²) in [6.45, 7) is 1.68. The Morgan fingerprint density at radius 3 is 2.75 bits per heavy atom. The molecule has 1 aliphatic rings. The average Bonchev–Trinajstić information content (AvgIpc) is 2.79. The molecule has 0 unspecified atom stereocenters. The highest BCUT2D eigenvalue weighted by Crippen LogP contribution is 2.38. The summed E-state index contributed by atoms with van der Waals surface area (Å²) in [5.74, 6) is -1.19. The van der Waals surface area contributed by atoms with Gasteiger partial charge in [0.05, 0.1) is 18.6 Å². The van der Waals surface area contributed by atoms with Crippen LogP contribution in [0, 0.1) is 0 Å². The molecule has 1 saturated heterocycles. The molecule has 1 aliphatic heterocycles. The first kappa shape index (κ1) is 18.3. The van der Waals surface area contributed by atoms with Crippen LogP contribution in [-0.2, 0) is 14.3 Å². The number of carbonyl (C=O) groups is 3. The zero-order chi connectivity index (χ0) is 17.9. The van der Waals surface area contributed by atoms with Crippen LogP contribution in [0.4, 0.5) is 4.79 Å². The minimum absolute atomic E-state index is 0.0970. The highest BCUT2D eigenvalue weighted by Gasteiger charge is 2.36. The van der Waals surface area contributed by atoms with Crippen LogP contribution in [0.1, 0.15) is 12.5 Å². The van der Waals surface area contributed by atoms with Gasteiger partial charge in [-0.15, -0.1) is 0 Å². The fourth-order valence-corrected chi connectivity index (χ4v) is 3.22. The molecule has 24 heavy (non-hydrogen) atoms. The number of phenols is 1. The Morgan fingerprint density at radius 1 is 1.42 bits per heavy atom. The summed E-state index contributed by atoms with van der Waals surface area (Å²) in [6, 6.07) is 3.19. The predicted octanol–water partition coefficient (Wildman–Crippen LogP) is 2.76. The fraction of sp³-hybridized carbons (Fsp3) is 0.267. The van der Waals surface area contributed by atoms with Crippen LogP contribution in [0.5, 0.6) is 11.5 Å². The second-order valence-electron chi connectivity index (χ2n) is 4.62. The van der Waals surface area contributed by atoms with Crippen molar-refractivity contribution < 1.29 is 29.0 Å². The summed E-state index contributed by atoms with van der Waals surface area (Å²) in [5, 5.41) is 9.65. The Balaban J connectivity index is 2.34. The van der Waals surface area contributed by atoms with E-state index in [1.54, 1.807) is 19.1 Å². The molecule has 1 heterocycles. The van der Waals surface area contributed by atoms with Crippen LogP contribution in [0.25, 0.3) is 6.08 Å². The van der Waals surface area contributed by atoms with E-state index >= 15 is 0 Å². The van der Waals surface area contributed by atoms with Gasteiger partial charge < -0.3 is 14.6 Å². The molecule has 9 heteroatoms. The molecule has 1 fully saturated rings. The van der Waals surface area contributed by atoms with Crippen molar-refractivity contribution in [3.63, 3.8) is 0 Å². The lowest BCUT2D eigenvalue weighted by Gasteiger charge is -2.10. The van der Waals surface area contributed by atoms with Crippen LogP contribution >= 0.6 is 27.7 Å². The summed E-state index contributed by atoms with van der Waals surface area (Å²) in [5.41, 5.74) is 0.316. The van der Waals surface area contributed by atoms with Crippen molar-refractivity contribution in [2.75, 3.05) is 20.3 Å². The molecule has 0 bridgehead atoms. The smallest absolute Gasteiger partial charge is 0.325 e. The summed E-state index contributed by atoms with van der Waals surface area (Å²) in [6.07, 6.45) is 1.38. The van der Waals surface area contributed by atoms with E-state index in [-0.39, 0.29) is 16.4 Å². The first-order valence-corrected chi connectivity index (χ1v) is 8.45. The number of hydrogen-bond donors (Lipinski definition) is 1. The number of hydrogen-bond acceptors (Lipinski definition) is 7. The maximum absolute atomic E-state index is 12.3. The third-order valence-corrected chi connectivity index (χ3v) is 4.41. The van der Waals surface area contributed by atoms with Gasteiger partial charge in [-0.3, -0.25) is 19.3 Å². The highest BCUT2D eigenvalue weighted by molar-refractivity contribution is 9.10. The number of carbonyl (C=O) groups excluding carboxylic acids is 3. The second-order valence-corrected chi connectivity index (χ2v) is 6.53. The van der Waals surface area contributed by atoms with E-state index in [0.717, 1.165) is 4.90 Å². The zero-order valence-corrected chi connectivity index (χ0v) is 15.3. The van der Waals surface area contributed by atoms with Crippen molar-refractivity contribution in [1.82, 2.24) is 4.90 Å². The number of phenolic OH excluding ortho intramolecular Hbond substituents is 1. The van der Waals surface area contributed by atoms with Gasteiger partial charge in [0, 0.05) is 10.0 Å². The third kappa shape index (κ3) is 3.90. The van der Waals surface area contributed by atoms with Crippen molar-refractivity contribution in [1.29, 1.82) is 0 Å². The Bertz CT molecular complexity index is 733. The number of methoxy groups -OCH3 is 1. The minimum atomic E-state index is -0.692. The number of imide groups is 1. The number of aromatic hydroxyl groups is 1. The van der Waals surface area contributed by atoms with E-state index < -0.39 is 23.7 Å². The van der Waals surface area contributed by atoms with Gasteiger partial charge in [0.25, 0.3) is 11.1 Å². The number of thioether (sulfide) groups is 1. The van der Waals surface area contributed by atoms with E-state index in [9.17, 15) is 19.5 Å². The number of ether oxygens (including phenoxy) is 2. The van der Waals surface area contributed by atoms with E-state index in [1.807, 2.05) is 0 Å². The lowest BCUT2D eigenvalue weighted by Crippen LogP contribution is -2.34. The van der Waals surface area contributed by atoms with E-state index in [2.05, 4.69) is 20.7 Å². The van der Waals surface area contributed by atoms with E-state index in [4.69, 9.17) is 4.74 Å². The van der Waals surface area contributed by atoms with Gasteiger partial charge in [-0.05, 0) is 36.9 Å². The monoisotopic (exact) mass is 415 g/mol. The normalized spacial score (nSPS) is 16.0. The zero-order valence-electron chi connectivity index (χ0n) is 12.9. The van der Waals surface area contributed by atoms with Gasteiger partial charge >= 0.3 is 5.97 Å². The van der Waals surface area contributed by atoms with Crippen LogP contribution < -0.4 is 4.74 Å². The molecule has 7 nitrogen and oxygen atoms in total. The summed E-state index contributed by atoms with van der Waals surface area (Å²) in [4.78, 5) is 36.3. The standard InChI is InChI=1S/C15H14BrNO6S/c1-3-23-10-6-9(16)4-8(13(10)19)5-11-14(20)17(15(21)24-11)7-12(18)22-2/h4-6,19H,3,7H2,1-2H3/b11-5-.